The number of amides is 1. The number of rotatable bonds is 3. The van der Waals surface area contributed by atoms with Crippen LogP contribution in [0.4, 0.5) is 15.8 Å². The number of nitrogens with one attached hydrogen (secondary N) is 1. The maximum atomic E-state index is 14.0. The van der Waals surface area contributed by atoms with Gasteiger partial charge < -0.3 is 16.8 Å². The third-order valence-corrected chi connectivity index (χ3v) is 4.35. The van der Waals surface area contributed by atoms with Crippen LogP contribution in [0.15, 0.2) is 12.1 Å². The summed E-state index contributed by atoms with van der Waals surface area (Å²) in [6.07, 6.45) is 3.32. The molecule has 0 saturated carbocycles. The van der Waals surface area contributed by atoms with E-state index in [1.807, 2.05) is 0 Å². The molecule has 1 aromatic carbocycles. The summed E-state index contributed by atoms with van der Waals surface area (Å²) in [6.45, 7) is 2.17. The highest BCUT2D eigenvalue weighted by atomic mass is 19.1. The molecule has 1 aromatic rings. The van der Waals surface area contributed by atoms with Crippen LogP contribution in [-0.2, 0) is 0 Å². The molecule has 2 aliphatic rings. The van der Waals surface area contributed by atoms with Gasteiger partial charge in [-0.25, -0.2) is 4.39 Å². The van der Waals surface area contributed by atoms with Gasteiger partial charge >= 0.3 is 0 Å². The lowest BCUT2D eigenvalue weighted by Crippen LogP contribution is -2.34. The van der Waals surface area contributed by atoms with E-state index in [1.165, 1.54) is 12.5 Å². The molecule has 3 rings (SSSR count). The Kier molecular flexibility index (Phi) is 3.25. The van der Waals surface area contributed by atoms with Crippen LogP contribution in [0.2, 0.25) is 0 Å². The Morgan fingerprint density at radius 3 is 2.90 bits per heavy atom. The average Bonchev–Trinajstić information content (AvgIpc) is 2.96. The number of carbonyl (C=O) groups excluding carboxylic acids is 1. The number of nitrogens with zero attached hydrogens (tertiary/aromatic N) is 1. The molecule has 5 N–H and O–H groups in total. The molecule has 0 bridgehead atoms. The predicted octanol–water partition coefficient (Wildman–Crippen LogP) is 1.16. The molecule has 2 saturated heterocycles. The molecular formula is C14H19FN4O. The van der Waals surface area contributed by atoms with Crippen molar-refractivity contribution in [3.05, 3.63) is 23.5 Å². The second-order valence-electron chi connectivity index (χ2n) is 5.57. The Labute approximate surface area is 117 Å². The molecule has 5 nitrogen and oxygen atoms in total. The zero-order valence-electron chi connectivity index (χ0n) is 11.2. The fourth-order valence-electron chi connectivity index (χ4n) is 3.36. The number of nitrogen functional groups attached to an aromatic ring is 1. The standard InChI is InChI=1S/C14H19FN4O/c15-9-7-10(16)8(14(17)20)6-12(9)18-11-3-5-19-4-1-2-13(11)19/h6-7,11,13,18H,1-5,16H2,(H2,17,20). The summed E-state index contributed by atoms with van der Waals surface area (Å²) in [5, 5.41) is 3.22. The van der Waals surface area contributed by atoms with Gasteiger partial charge in [0.05, 0.1) is 11.3 Å². The van der Waals surface area contributed by atoms with E-state index in [9.17, 15) is 9.18 Å². The van der Waals surface area contributed by atoms with Gasteiger partial charge in [0.25, 0.3) is 5.91 Å². The first-order valence-electron chi connectivity index (χ1n) is 6.95. The Hall–Kier alpha value is -1.82. The Morgan fingerprint density at radius 2 is 2.15 bits per heavy atom. The molecule has 2 heterocycles. The SMILES string of the molecule is NC(=O)c1cc(NC2CCN3CCCC23)c(F)cc1N. The highest BCUT2D eigenvalue weighted by Gasteiger charge is 2.37. The number of benzene rings is 1. The van der Waals surface area contributed by atoms with Crippen molar-refractivity contribution in [1.82, 2.24) is 4.90 Å². The van der Waals surface area contributed by atoms with Crippen molar-refractivity contribution in [2.45, 2.75) is 31.3 Å². The second-order valence-corrected chi connectivity index (χ2v) is 5.57. The van der Waals surface area contributed by atoms with Gasteiger partial charge in [-0.3, -0.25) is 9.69 Å². The van der Waals surface area contributed by atoms with Crippen molar-refractivity contribution >= 4 is 17.3 Å². The summed E-state index contributed by atoms with van der Waals surface area (Å²) in [4.78, 5) is 13.7. The quantitative estimate of drug-likeness (QED) is 0.724. The maximum Gasteiger partial charge on any atom is 0.250 e. The van der Waals surface area contributed by atoms with E-state index in [-0.39, 0.29) is 17.3 Å². The monoisotopic (exact) mass is 278 g/mol. The Balaban J connectivity index is 1.83. The first-order valence-corrected chi connectivity index (χ1v) is 6.95. The molecule has 1 amide bonds. The zero-order valence-corrected chi connectivity index (χ0v) is 11.2. The van der Waals surface area contributed by atoms with E-state index >= 15 is 0 Å². The van der Waals surface area contributed by atoms with Gasteiger partial charge in [0.2, 0.25) is 0 Å². The van der Waals surface area contributed by atoms with Crippen molar-refractivity contribution in [1.29, 1.82) is 0 Å². The molecule has 108 valence electrons. The van der Waals surface area contributed by atoms with E-state index in [4.69, 9.17) is 11.5 Å². The summed E-state index contributed by atoms with van der Waals surface area (Å²) in [5.41, 5.74) is 11.4. The molecule has 2 aliphatic heterocycles. The van der Waals surface area contributed by atoms with Gasteiger partial charge in [-0.1, -0.05) is 0 Å². The lowest BCUT2D eigenvalue weighted by Gasteiger charge is -2.23. The van der Waals surface area contributed by atoms with E-state index in [2.05, 4.69) is 10.2 Å². The summed E-state index contributed by atoms with van der Waals surface area (Å²) in [7, 11) is 0. The molecule has 2 fully saturated rings. The number of nitrogens with two attached hydrogens (primary N) is 2. The van der Waals surface area contributed by atoms with Gasteiger partial charge in [0, 0.05) is 24.3 Å². The number of hydrogen-bond acceptors (Lipinski definition) is 4. The summed E-state index contributed by atoms with van der Waals surface area (Å²) < 4.78 is 14.0. The highest BCUT2D eigenvalue weighted by molar-refractivity contribution is 5.99. The van der Waals surface area contributed by atoms with Crippen molar-refractivity contribution in [3.8, 4) is 0 Å². The molecule has 2 atom stereocenters. The Bertz CT molecular complexity index is 548. The summed E-state index contributed by atoms with van der Waals surface area (Å²) >= 11 is 0. The number of carbonyl (C=O) groups is 1. The molecule has 2 unspecified atom stereocenters. The molecule has 0 spiro atoms. The van der Waals surface area contributed by atoms with Gasteiger partial charge in [-0.05, 0) is 37.9 Å². The lowest BCUT2D eigenvalue weighted by atomic mass is 10.1. The van der Waals surface area contributed by atoms with Crippen molar-refractivity contribution < 1.29 is 9.18 Å². The smallest absolute Gasteiger partial charge is 0.250 e. The normalized spacial score (nSPS) is 25.6. The number of anilines is 2. The molecule has 6 heteroatoms. The average molecular weight is 278 g/mol. The van der Waals surface area contributed by atoms with Crippen LogP contribution in [-0.4, -0.2) is 36.0 Å². The zero-order chi connectivity index (χ0) is 14.3. The summed E-state index contributed by atoms with van der Waals surface area (Å²) in [5.74, 6) is -1.08. The summed E-state index contributed by atoms with van der Waals surface area (Å²) in [6, 6.07) is 3.26. The number of hydrogen-bond donors (Lipinski definition) is 3. The third-order valence-electron chi connectivity index (χ3n) is 4.35. The first kappa shape index (κ1) is 13.2. The van der Waals surface area contributed by atoms with Gasteiger partial charge in [-0.2, -0.15) is 0 Å². The number of fused-ring (bicyclic) bond motifs is 1. The van der Waals surface area contributed by atoms with Gasteiger partial charge in [0.15, 0.2) is 0 Å². The van der Waals surface area contributed by atoms with Crippen LogP contribution < -0.4 is 16.8 Å². The van der Waals surface area contributed by atoms with Crippen LogP contribution in [0.1, 0.15) is 29.6 Å². The third kappa shape index (κ3) is 2.20. The van der Waals surface area contributed by atoms with Gasteiger partial charge in [-0.15, -0.1) is 0 Å². The van der Waals surface area contributed by atoms with Crippen LogP contribution in [0.25, 0.3) is 0 Å². The molecule has 0 radical (unpaired) electrons. The van der Waals surface area contributed by atoms with Crippen LogP contribution >= 0.6 is 0 Å². The molecule has 0 aliphatic carbocycles. The Morgan fingerprint density at radius 1 is 1.35 bits per heavy atom. The number of halogens is 1. The van der Waals surface area contributed by atoms with E-state index in [0.29, 0.717) is 11.7 Å². The van der Waals surface area contributed by atoms with Crippen molar-refractivity contribution in [2.24, 2.45) is 5.73 Å². The fraction of sp³-hybridized carbons (Fsp3) is 0.500. The van der Waals surface area contributed by atoms with Crippen molar-refractivity contribution in [2.75, 3.05) is 24.1 Å². The first-order chi connectivity index (χ1) is 9.56. The minimum Gasteiger partial charge on any atom is -0.398 e. The highest BCUT2D eigenvalue weighted by Crippen LogP contribution is 2.31. The molecule has 0 aromatic heterocycles. The van der Waals surface area contributed by atoms with Crippen LogP contribution in [0.3, 0.4) is 0 Å². The van der Waals surface area contributed by atoms with E-state index in [0.717, 1.165) is 32.0 Å². The maximum absolute atomic E-state index is 14.0. The minimum atomic E-state index is -0.639. The predicted molar refractivity (Wildman–Crippen MR) is 76.0 cm³/mol. The minimum absolute atomic E-state index is 0.0782. The van der Waals surface area contributed by atoms with Crippen LogP contribution in [0.5, 0.6) is 0 Å². The topological polar surface area (TPSA) is 84.4 Å². The molecule has 20 heavy (non-hydrogen) atoms. The largest absolute Gasteiger partial charge is 0.398 e. The van der Waals surface area contributed by atoms with E-state index < -0.39 is 11.7 Å². The van der Waals surface area contributed by atoms with Crippen LogP contribution in [0, 0.1) is 5.82 Å². The number of primary amides is 1. The molecular weight excluding hydrogens is 259 g/mol. The van der Waals surface area contributed by atoms with Crippen molar-refractivity contribution in [3.63, 3.8) is 0 Å². The lowest BCUT2D eigenvalue weighted by molar-refractivity contribution is 0.100. The van der Waals surface area contributed by atoms with E-state index in [1.54, 1.807) is 0 Å². The fourth-order valence-corrected chi connectivity index (χ4v) is 3.36. The second kappa shape index (κ2) is 4.94. The van der Waals surface area contributed by atoms with Gasteiger partial charge in [0.1, 0.15) is 5.82 Å².